The van der Waals surface area contributed by atoms with Gasteiger partial charge in [0, 0.05) is 12.1 Å². The molecule has 2 atom stereocenters. The van der Waals surface area contributed by atoms with Crippen molar-refractivity contribution in [2.24, 2.45) is 5.92 Å². The van der Waals surface area contributed by atoms with Gasteiger partial charge in [-0.15, -0.1) is 5.53 Å². The van der Waals surface area contributed by atoms with E-state index in [1.807, 2.05) is 54.2 Å². The molecule has 1 aliphatic heterocycles. The molecule has 32 heavy (non-hydrogen) atoms. The summed E-state index contributed by atoms with van der Waals surface area (Å²) in [5, 5.41) is 30.7. The SMILES string of the molecule is CC(C)[C@H](CO)Nc1nc(N[C@@H](CO)c2ccccc2)c2c(n1)N(C(C)C)NN2C(C)C. The van der Waals surface area contributed by atoms with Crippen LogP contribution in [0, 0.1) is 5.92 Å². The summed E-state index contributed by atoms with van der Waals surface area (Å²) in [7, 11) is 0. The highest BCUT2D eigenvalue weighted by molar-refractivity contribution is 5.83. The van der Waals surface area contributed by atoms with Gasteiger partial charge in [-0.25, -0.2) is 0 Å². The summed E-state index contributed by atoms with van der Waals surface area (Å²) in [5.74, 6) is 2.00. The van der Waals surface area contributed by atoms with E-state index in [0.29, 0.717) is 11.8 Å². The Labute approximate surface area is 190 Å². The van der Waals surface area contributed by atoms with Gasteiger partial charge in [-0.05, 0) is 39.2 Å². The Kier molecular flexibility index (Phi) is 7.76. The molecule has 9 heteroatoms. The molecular formula is C23H37N7O2. The van der Waals surface area contributed by atoms with Crippen molar-refractivity contribution >= 4 is 23.3 Å². The lowest BCUT2D eigenvalue weighted by atomic mass is 10.1. The predicted molar refractivity (Wildman–Crippen MR) is 130 cm³/mol. The summed E-state index contributed by atoms with van der Waals surface area (Å²) in [5.41, 5.74) is 5.23. The summed E-state index contributed by atoms with van der Waals surface area (Å²) >= 11 is 0. The van der Waals surface area contributed by atoms with Gasteiger partial charge in [-0.2, -0.15) is 9.97 Å². The highest BCUT2D eigenvalue weighted by atomic mass is 16.3. The molecule has 0 spiro atoms. The molecule has 0 saturated carbocycles. The first kappa shape index (κ1) is 24.0. The second kappa shape index (κ2) is 10.3. The van der Waals surface area contributed by atoms with E-state index >= 15 is 0 Å². The first-order chi connectivity index (χ1) is 15.3. The molecule has 0 radical (unpaired) electrons. The van der Waals surface area contributed by atoms with E-state index < -0.39 is 0 Å². The standard InChI is InChI=1S/C23H37N7O2/c1-14(2)18(12-31)25-23-26-21(24-19(13-32)17-10-8-7-9-11-17)20-22(27-23)30(16(5)6)28-29(20)15(3)4/h7-11,14-16,18-19,28,31-32H,12-13H2,1-6H3,(H2,24,25,26,27)/t18-,19-/m0/s1. The first-order valence-electron chi connectivity index (χ1n) is 11.3. The van der Waals surface area contributed by atoms with Crippen LogP contribution in [0.2, 0.25) is 0 Å². The maximum absolute atomic E-state index is 10.1. The van der Waals surface area contributed by atoms with E-state index in [-0.39, 0.29) is 43.3 Å². The number of aliphatic hydroxyl groups is 2. The lowest BCUT2D eigenvalue weighted by molar-refractivity contribution is 0.248. The predicted octanol–water partition coefficient (Wildman–Crippen LogP) is 2.91. The smallest absolute Gasteiger partial charge is 0.227 e. The second-order valence-electron chi connectivity index (χ2n) is 9.06. The van der Waals surface area contributed by atoms with Crippen molar-refractivity contribution < 1.29 is 10.2 Å². The lowest BCUT2D eigenvalue weighted by Crippen LogP contribution is -2.50. The van der Waals surface area contributed by atoms with Crippen molar-refractivity contribution in [3.05, 3.63) is 35.9 Å². The monoisotopic (exact) mass is 443 g/mol. The van der Waals surface area contributed by atoms with Crippen LogP contribution in [0.5, 0.6) is 0 Å². The van der Waals surface area contributed by atoms with Crippen LogP contribution in [0.4, 0.5) is 23.3 Å². The van der Waals surface area contributed by atoms with Crippen molar-refractivity contribution in [3.8, 4) is 0 Å². The topological polar surface area (TPSA) is 109 Å². The van der Waals surface area contributed by atoms with Crippen LogP contribution < -0.4 is 26.2 Å². The first-order valence-corrected chi connectivity index (χ1v) is 11.3. The second-order valence-corrected chi connectivity index (χ2v) is 9.06. The molecule has 0 bridgehead atoms. The van der Waals surface area contributed by atoms with E-state index in [4.69, 9.17) is 9.97 Å². The zero-order valence-corrected chi connectivity index (χ0v) is 19.9. The third-order valence-electron chi connectivity index (χ3n) is 5.59. The molecule has 1 aliphatic rings. The normalized spacial score (nSPS) is 15.5. The van der Waals surface area contributed by atoms with Crippen LogP contribution in [0.3, 0.4) is 0 Å². The van der Waals surface area contributed by atoms with E-state index in [1.54, 1.807) is 0 Å². The molecular weight excluding hydrogens is 406 g/mol. The van der Waals surface area contributed by atoms with Crippen LogP contribution in [0.1, 0.15) is 53.1 Å². The summed E-state index contributed by atoms with van der Waals surface area (Å²) in [4.78, 5) is 9.60. The summed E-state index contributed by atoms with van der Waals surface area (Å²) < 4.78 is 0. The summed E-state index contributed by atoms with van der Waals surface area (Å²) in [6.07, 6.45) is 0. The van der Waals surface area contributed by atoms with Gasteiger partial charge in [0.2, 0.25) is 5.95 Å². The number of aliphatic hydroxyl groups excluding tert-OH is 2. The molecule has 0 aliphatic carbocycles. The Bertz CT molecular complexity index is 876. The fourth-order valence-electron chi connectivity index (χ4n) is 3.62. The molecule has 2 aromatic rings. The maximum atomic E-state index is 10.1. The zero-order chi connectivity index (χ0) is 23.4. The Morgan fingerprint density at radius 2 is 1.53 bits per heavy atom. The molecule has 2 heterocycles. The third kappa shape index (κ3) is 5.06. The number of aromatic nitrogens is 2. The Balaban J connectivity index is 2.09. The van der Waals surface area contributed by atoms with Crippen LogP contribution in [0.15, 0.2) is 30.3 Å². The minimum absolute atomic E-state index is 0.0194. The average molecular weight is 444 g/mol. The van der Waals surface area contributed by atoms with Crippen molar-refractivity contribution in [2.75, 3.05) is 33.9 Å². The van der Waals surface area contributed by atoms with Crippen molar-refractivity contribution in [2.45, 2.75) is 65.7 Å². The molecule has 176 valence electrons. The Hall–Kier alpha value is -2.62. The zero-order valence-electron chi connectivity index (χ0n) is 19.9. The van der Waals surface area contributed by atoms with Gasteiger partial charge in [0.05, 0.1) is 25.3 Å². The lowest BCUT2D eigenvalue weighted by Gasteiger charge is -2.28. The molecule has 3 rings (SSSR count). The van der Waals surface area contributed by atoms with Crippen molar-refractivity contribution in [1.29, 1.82) is 0 Å². The van der Waals surface area contributed by atoms with E-state index in [2.05, 4.69) is 43.9 Å². The number of anilines is 4. The summed E-state index contributed by atoms with van der Waals surface area (Å²) in [6.45, 7) is 12.4. The number of hydrogen-bond donors (Lipinski definition) is 5. The molecule has 9 nitrogen and oxygen atoms in total. The quantitative estimate of drug-likeness (QED) is 0.379. The molecule has 1 aromatic carbocycles. The molecule has 0 amide bonds. The fraction of sp³-hybridized carbons (Fsp3) is 0.565. The number of benzene rings is 1. The van der Waals surface area contributed by atoms with Gasteiger partial charge < -0.3 is 20.8 Å². The Morgan fingerprint density at radius 3 is 2.06 bits per heavy atom. The third-order valence-corrected chi connectivity index (χ3v) is 5.59. The van der Waals surface area contributed by atoms with Gasteiger partial charge >= 0.3 is 0 Å². The van der Waals surface area contributed by atoms with Gasteiger partial charge in [-0.3, -0.25) is 10.0 Å². The molecule has 0 unspecified atom stereocenters. The molecule has 1 aromatic heterocycles. The minimum atomic E-state index is -0.330. The number of nitrogens with zero attached hydrogens (tertiary/aromatic N) is 4. The van der Waals surface area contributed by atoms with Gasteiger partial charge in [-0.1, -0.05) is 44.2 Å². The number of fused-ring (bicyclic) bond motifs is 1. The van der Waals surface area contributed by atoms with Crippen molar-refractivity contribution in [1.82, 2.24) is 15.5 Å². The van der Waals surface area contributed by atoms with Crippen LogP contribution in [-0.4, -0.2) is 51.5 Å². The fourth-order valence-corrected chi connectivity index (χ4v) is 3.62. The summed E-state index contributed by atoms with van der Waals surface area (Å²) in [6, 6.07) is 9.61. The van der Waals surface area contributed by atoms with E-state index in [9.17, 15) is 10.2 Å². The van der Waals surface area contributed by atoms with Crippen molar-refractivity contribution in [3.63, 3.8) is 0 Å². The highest BCUT2D eigenvalue weighted by Crippen LogP contribution is 2.41. The van der Waals surface area contributed by atoms with Gasteiger partial charge in [0.15, 0.2) is 11.6 Å². The van der Waals surface area contributed by atoms with Crippen LogP contribution in [0.25, 0.3) is 0 Å². The number of hydrogen-bond acceptors (Lipinski definition) is 9. The van der Waals surface area contributed by atoms with E-state index in [0.717, 1.165) is 17.1 Å². The van der Waals surface area contributed by atoms with Crippen LogP contribution >= 0.6 is 0 Å². The molecule has 0 saturated heterocycles. The number of nitrogens with one attached hydrogen (secondary N) is 3. The average Bonchev–Trinajstić information content (AvgIpc) is 3.16. The van der Waals surface area contributed by atoms with Gasteiger partial charge in [0.1, 0.15) is 5.69 Å². The molecule has 0 fully saturated rings. The van der Waals surface area contributed by atoms with E-state index in [1.165, 1.54) is 0 Å². The number of hydrazine groups is 2. The maximum Gasteiger partial charge on any atom is 0.227 e. The molecule has 5 N–H and O–H groups in total. The van der Waals surface area contributed by atoms with Crippen LogP contribution in [-0.2, 0) is 0 Å². The Morgan fingerprint density at radius 1 is 0.875 bits per heavy atom. The minimum Gasteiger partial charge on any atom is -0.394 e. The number of rotatable bonds is 10. The highest BCUT2D eigenvalue weighted by Gasteiger charge is 2.35. The largest absolute Gasteiger partial charge is 0.394 e. The van der Waals surface area contributed by atoms with Gasteiger partial charge in [0.25, 0.3) is 0 Å².